The first-order valence-corrected chi connectivity index (χ1v) is 6.58. The standard InChI is InChI=1S/C14H17FN2O3.ClH/c15-10-4-3-5-11(8-10)16-13(18)9-17-7-2-1-6-12(17)14(19)20;/h3-5,8,12H,1-2,6-7,9H2,(H,16,18)(H,19,20);1H. The molecule has 1 fully saturated rings. The van der Waals surface area contributed by atoms with Crippen LogP contribution in [0.25, 0.3) is 0 Å². The van der Waals surface area contributed by atoms with Crippen molar-refractivity contribution in [1.82, 2.24) is 4.90 Å². The Kier molecular flexibility index (Phi) is 6.58. The highest BCUT2D eigenvalue weighted by molar-refractivity contribution is 5.92. The highest BCUT2D eigenvalue weighted by Gasteiger charge is 2.29. The Labute approximate surface area is 128 Å². The smallest absolute Gasteiger partial charge is 0.320 e. The van der Waals surface area contributed by atoms with Crippen LogP contribution in [-0.2, 0) is 9.59 Å². The van der Waals surface area contributed by atoms with Crippen molar-refractivity contribution >= 4 is 30.0 Å². The Balaban J connectivity index is 0.00000220. The van der Waals surface area contributed by atoms with E-state index < -0.39 is 17.8 Å². The molecule has 1 atom stereocenters. The van der Waals surface area contributed by atoms with Crippen LogP contribution in [0.5, 0.6) is 0 Å². The number of anilines is 1. The minimum Gasteiger partial charge on any atom is -0.480 e. The number of amides is 1. The molecule has 2 N–H and O–H groups in total. The highest BCUT2D eigenvalue weighted by Crippen LogP contribution is 2.17. The second-order valence-corrected chi connectivity index (χ2v) is 4.88. The van der Waals surface area contributed by atoms with E-state index in [4.69, 9.17) is 5.11 Å². The average Bonchev–Trinajstić information content (AvgIpc) is 2.38. The highest BCUT2D eigenvalue weighted by atomic mass is 35.5. The summed E-state index contributed by atoms with van der Waals surface area (Å²) in [5.74, 6) is -1.66. The van der Waals surface area contributed by atoms with Gasteiger partial charge in [-0.1, -0.05) is 12.5 Å². The average molecular weight is 317 g/mol. The molecule has 0 saturated carbocycles. The number of carboxylic acids is 1. The largest absolute Gasteiger partial charge is 0.480 e. The number of piperidine rings is 1. The lowest BCUT2D eigenvalue weighted by Gasteiger charge is -2.32. The van der Waals surface area contributed by atoms with E-state index in [9.17, 15) is 14.0 Å². The number of likely N-dealkylation sites (tertiary alicyclic amines) is 1. The fourth-order valence-corrected chi connectivity index (χ4v) is 2.41. The summed E-state index contributed by atoms with van der Waals surface area (Å²) in [7, 11) is 0. The Morgan fingerprint density at radius 1 is 1.38 bits per heavy atom. The number of carboxylic acid groups (broad SMARTS) is 1. The van der Waals surface area contributed by atoms with Gasteiger partial charge in [0, 0.05) is 5.69 Å². The first-order chi connectivity index (χ1) is 9.56. The lowest BCUT2D eigenvalue weighted by Crippen LogP contribution is -2.47. The third-order valence-electron chi connectivity index (χ3n) is 3.35. The number of aliphatic carboxylic acids is 1. The number of carbonyl (C=O) groups excluding carboxylic acids is 1. The van der Waals surface area contributed by atoms with Gasteiger partial charge in [0.05, 0.1) is 6.54 Å². The van der Waals surface area contributed by atoms with Gasteiger partial charge < -0.3 is 10.4 Å². The van der Waals surface area contributed by atoms with E-state index in [0.29, 0.717) is 18.7 Å². The van der Waals surface area contributed by atoms with Gasteiger partial charge in [-0.05, 0) is 37.6 Å². The number of hydrogen-bond donors (Lipinski definition) is 2. The number of halogens is 2. The van der Waals surface area contributed by atoms with Gasteiger partial charge in [0.15, 0.2) is 0 Å². The van der Waals surface area contributed by atoms with E-state index >= 15 is 0 Å². The van der Waals surface area contributed by atoms with Crippen molar-refractivity contribution in [3.8, 4) is 0 Å². The molecule has 1 aliphatic rings. The van der Waals surface area contributed by atoms with Gasteiger partial charge in [-0.25, -0.2) is 4.39 Å². The van der Waals surface area contributed by atoms with Gasteiger partial charge in [-0.2, -0.15) is 0 Å². The van der Waals surface area contributed by atoms with Crippen LogP contribution in [0.15, 0.2) is 24.3 Å². The summed E-state index contributed by atoms with van der Waals surface area (Å²) >= 11 is 0. The van der Waals surface area contributed by atoms with Crippen LogP contribution in [0.2, 0.25) is 0 Å². The number of nitrogens with zero attached hydrogens (tertiary/aromatic N) is 1. The molecule has 7 heteroatoms. The van der Waals surface area contributed by atoms with Crippen LogP contribution in [0.1, 0.15) is 19.3 Å². The quantitative estimate of drug-likeness (QED) is 0.893. The van der Waals surface area contributed by atoms with Gasteiger partial charge in [0.2, 0.25) is 5.91 Å². The Bertz CT molecular complexity index is 513. The molecule has 1 unspecified atom stereocenters. The molecule has 21 heavy (non-hydrogen) atoms. The molecule has 1 amide bonds. The molecular formula is C14H18ClFN2O3. The number of nitrogens with one attached hydrogen (secondary N) is 1. The third kappa shape index (κ3) is 4.99. The maximum absolute atomic E-state index is 13.0. The van der Waals surface area contributed by atoms with Crippen LogP contribution in [0, 0.1) is 5.82 Å². The molecule has 5 nitrogen and oxygen atoms in total. The molecule has 1 heterocycles. The monoisotopic (exact) mass is 316 g/mol. The topological polar surface area (TPSA) is 69.6 Å². The van der Waals surface area contributed by atoms with Crippen molar-refractivity contribution in [2.45, 2.75) is 25.3 Å². The number of benzene rings is 1. The third-order valence-corrected chi connectivity index (χ3v) is 3.35. The summed E-state index contributed by atoms with van der Waals surface area (Å²) < 4.78 is 13.0. The van der Waals surface area contributed by atoms with Crippen molar-refractivity contribution < 1.29 is 19.1 Å². The van der Waals surface area contributed by atoms with E-state index in [1.165, 1.54) is 18.2 Å². The van der Waals surface area contributed by atoms with Gasteiger partial charge in [-0.15, -0.1) is 12.4 Å². The summed E-state index contributed by atoms with van der Waals surface area (Å²) in [6.07, 6.45) is 2.30. The van der Waals surface area contributed by atoms with Crippen LogP contribution in [-0.4, -0.2) is 41.0 Å². The maximum atomic E-state index is 13.0. The zero-order valence-corrected chi connectivity index (χ0v) is 12.2. The first kappa shape index (κ1) is 17.4. The normalized spacial score (nSPS) is 18.6. The number of rotatable bonds is 4. The summed E-state index contributed by atoms with van der Waals surface area (Å²) in [5, 5.41) is 11.7. The molecule has 1 aromatic carbocycles. The second kappa shape index (κ2) is 7.95. The molecule has 1 aliphatic heterocycles. The molecule has 0 radical (unpaired) electrons. The van der Waals surface area contributed by atoms with Gasteiger partial charge >= 0.3 is 5.97 Å². The molecule has 0 spiro atoms. The minimum atomic E-state index is -0.900. The predicted octanol–water partition coefficient (Wildman–Crippen LogP) is 2.13. The van der Waals surface area contributed by atoms with E-state index in [-0.39, 0.29) is 24.9 Å². The van der Waals surface area contributed by atoms with Crippen molar-refractivity contribution in [3.05, 3.63) is 30.1 Å². The van der Waals surface area contributed by atoms with Crippen molar-refractivity contribution in [2.75, 3.05) is 18.4 Å². The van der Waals surface area contributed by atoms with E-state index in [1.54, 1.807) is 11.0 Å². The zero-order chi connectivity index (χ0) is 14.5. The molecule has 0 aliphatic carbocycles. The zero-order valence-electron chi connectivity index (χ0n) is 11.4. The summed E-state index contributed by atoms with van der Waals surface area (Å²) in [6, 6.07) is 5.00. The molecular weight excluding hydrogens is 299 g/mol. The van der Waals surface area contributed by atoms with Gasteiger partial charge in [0.25, 0.3) is 0 Å². The van der Waals surface area contributed by atoms with Crippen molar-refractivity contribution in [3.63, 3.8) is 0 Å². The summed E-state index contributed by atoms with van der Waals surface area (Å²) in [4.78, 5) is 24.7. The van der Waals surface area contributed by atoms with Crippen LogP contribution >= 0.6 is 12.4 Å². The minimum absolute atomic E-state index is 0. The fraction of sp³-hybridized carbons (Fsp3) is 0.429. The molecule has 1 saturated heterocycles. The Morgan fingerprint density at radius 2 is 2.14 bits per heavy atom. The lowest BCUT2D eigenvalue weighted by atomic mass is 10.0. The molecule has 1 aromatic rings. The van der Waals surface area contributed by atoms with Crippen LogP contribution in [0.4, 0.5) is 10.1 Å². The van der Waals surface area contributed by atoms with Gasteiger partial charge in [-0.3, -0.25) is 14.5 Å². The van der Waals surface area contributed by atoms with Crippen LogP contribution in [0.3, 0.4) is 0 Å². The fourth-order valence-electron chi connectivity index (χ4n) is 2.41. The molecule has 116 valence electrons. The van der Waals surface area contributed by atoms with Gasteiger partial charge in [0.1, 0.15) is 11.9 Å². The number of hydrogen-bond acceptors (Lipinski definition) is 3. The van der Waals surface area contributed by atoms with Crippen LogP contribution < -0.4 is 5.32 Å². The van der Waals surface area contributed by atoms with E-state index in [1.807, 2.05) is 0 Å². The van der Waals surface area contributed by atoms with E-state index in [0.717, 1.165) is 12.8 Å². The Hall–Kier alpha value is -1.66. The molecule has 0 bridgehead atoms. The van der Waals surface area contributed by atoms with Crippen molar-refractivity contribution in [1.29, 1.82) is 0 Å². The molecule has 0 aromatic heterocycles. The maximum Gasteiger partial charge on any atom is 0.320 e. The predicted molar refractivity (Wildman–Crippen MR) is 79.1 cm³/mol. The molecule has 2 rings (SSSR count). The lowest BCUT2D eigenvalue weighted by molar-refractivity contribution is -0.145. The van der Waals surface area contributed by atoms with E-state index in [2.05, 4.69) is 5.32 Å². The Morgan fingerprint density at radius 3 is 2.81 bits per heavy atom. The SMILES string of the molecule is Cl.O=C(CN1CCCCC1C(=O)O)Nc1cccc(F)c1. The number of carbonyl (C=O) groups is 2. The first-order valence-electron chi connectivity index (χ1n) is 6.58. The summed E-state index contributed by atoms with van der Waals surface area (Å²) in [6.45, 7) is 0.598. The van der Waals surface area contributed by atoms with Crippen molar-refractivity contribution in [2.24, 2.45) is 0 Å². The summed E-state index contributed by atoms with van der Waals surface area (Å²) in [5.41, 5.74) is 0.374. The second-order valence-electron chi connectivity index (χ2n) is 4.88.